The number of rotatable bonds is 4. The van der Waals surface area contributed by atoms with Gasteiger partial charge in [-0.05, 0) is 30.3 Å². The number of methoxy groups -OCH3 is 1. The van der Waals surface area contributed by atoms with Crippen LogP contribution in [-0.2, 0) is 11.3 Å². The van der Waals surface area contributed by atoms with Gasteiger partial charge in [-0.25, -0.2) is 9.78 Å². The van der Waals surface area contributed by atoms with Crippen LogP contribution in [-0.4, -0.2) is 27.4 Å². The van der Waals surface area contributed by atoms with Crippen molar-refractivity contribution in [3.05, 3.63) is 65.2 Å². The lowest BCUT2D eigenvalue weighted by Gasteiger charge is -2.04. The number of nitrogens with zero attached hydrogens (tertiary/aromatic N) is 2. The van der Waals surface area contributed by atoms with Crippen LogP contribution in [0.3, 0.4) is 0 Å². The molecule has 0 radical (unpaired) electrons. The highest BCUT2D eigenvalue weighted by Crippen LogP contribution is 2.23. The summed E-state index contributed by atoms with van der Waals surface area (Å²) in [5, 5.41) is 1.22. The van der Waals surface area contributed by atoms with Gasteiger partial charge in [0.15, 0.2) is 5.15 Å². The molecule has 0 aliphatic rings. The summed E-state index contributed by atoms with van der Waals surface area (Å²) < 4.78 is 12.4. The highest BCUT2D eigenvalue weighted by Gasteiger charge is 2.15. The smallest absolute Gasteiger partial charge is 0.355 e. The maximum absolute atomic E-state index is 12.4. The van der Waals surface area contributed by atoms with E-state index in [1.165, 1.54) is 0 Å². The SMILES string of the molecule is COc1ccc2cc(C(=O)OCc3c(Cl)nc4ccccn34)[nH]c2c1. The molecule has 4 aromatic rings. The fraction of sp³-hybridized carbons (Fsp3) is 0.111. The second-order valence-electron chi connectivity index (χ2n) is 5.49. The Labute approximate surface area is 148 Å². The van der Waals surface area contributed by atoms with Crippen LogP contribution in [0.1, 0.15) is 16.2 Å². The molecule has 1 N–H and O–H groups in total. The summed E-state index contributed by atoms with van der Waals surface area (Å²) in [5.41, 5.74) is 2.51. The molecule has 0 unspecified atom stereocenters. The van der Waals surface area contributed by atoms with E-state index in [0.29, 0.717) is 27.9 Å². The first-order chi connectivity index (χ1) is 12.2. The Morgan fingerprint density at radius 2 is 2.16 bits per heavy atom. The molecule has 6 nitrogen and oxygen atoms in total. The average molecular weight is 356 g/mol. The van der Waals surface area contributed by atoms with E-state index in [1.54, 1.807) is 17.6 Å². The van der Waals surface area contributed by atoms with E-state index in [9.17, 15) is 4.79 Å². The predicted molar refractivity (Wildman–Crippen MR) is 94.2 cm³/mol. The average Bonchev–Trinajstić information content (AvgIpc) is 3.19. The number of carbonyl (C=O) groups is 1. The lowest BCUT2D eigenvalue weighted by molar-refractivity contribution is 0.0461. The van der Waals surface area contributed by atoms with E-state index >= 15 is 0 Å². The van der Waals surface area contributed by atoms with Gasteiger partial charge < -0.3 is 14.5 Å². The Morgan fingerprint density at radius 3 is 3.00 bits per heavy atom. The van der Waals surface area contributed by atoms with E-state index in [0.717, 1.165) is 10.9 Å². The molecule has 0 spiro atoms. The number of fused-ring (bicyclic) bond motifs is 2. The molecule has 0 aliphatic carbocycles. The number of pyridine rings is 1. The van der Waals surface area contributed by atoms with Gasteiger partial charge in [0.1, 0.15) is 23.7 Å². The van der Waals surface area contributed by atoms with Gasteiger partial charge in [0.2, 0.25) is 0 Å². The number of halogens is 1. The van der Waals surface area contributed by atoms with Crippen LogP contribution in [0, 0.1) is 0 Å². The molecular weight excluding hydrogens is 342 g/mol. The third-order valence-electron chi connectivity index (χ3n) is 3.97. The summed E-state index contributed by atoms with van der Waals surface area (Å²) in [7, 11) is 1.60. The monoisotopic (exact) mass is 355 g/mol. The van der Waals surface area contributed by atoms with Gasteiger partial charge in [-0.1, -0.05) is 17.7 Å². The van der Waals surface area contributed by atoms with Crippen LogP contribution < -0.4 is 4.74 Å². The summed E-state index contributed by atoms with van der Waals surface area (Å²) in [6, 6.07) is 12.9. The van der Waals surface area contributed by atoms with Gasteiger partial charge in [0, 0.05) is 23.2 Å². The molecule has 1 aromatic carbocycles. The van der Waals surface area contributed by atoms with Crippen molar-refractivity contribution in [1.29, 1.82) is 0 Å². The molecule has 126 valence electrons. The first kappa shape index (κ1) is 15.5. The summed E-state index contributed by atoms with van der Waals surface area (Å²) in [6.07, 6.45) is 1.83. The molecule has 0 atom stereocenters. The highest BCUT2D eigenvalue weighted by atomic mass is 35.5. The number of aromatic amines is 1. The quantitative estimate of drug-likeness (QED) is 0.565. The third-order valence-corrected chi connectivity index (χ3v) is 4.27. The van der Waals surface area contributed by atoms with Crippen molar-refractivity contribution in [3.63, 3.8) is 0 Å². The van der Waals surface area contributed by atoms with Crippen LogP contribution in [0.4, 0.5) is 0 Å². The van der Waals surface area contributed by atoms with Gasteiger partial charge in [-0.15, -0.1) is 0 Å². The molecule has 0 aliphatic heterocycles. The first-order valence-electron chi connectivity index (χ1n) is 7.61. The van der Waals surface area contributed by atoms with Crippen molar-refractivity contribution in [2.24, 2.45) is 0 Å². The maximum Gasteiger partial charge on any atom is 0.355 e. The van der Waals surface area contributed by atoms with Gasteiger partial charge in [0.25, 0.3) is 0 Å². The zero-order valence-electron chi connectivity index (χ0n) is 13.3. The van der Waals surface area contributed by atoms with Crippen molar-refractivity contribution in [3.8, 4) is 5.75 Å². The summed E-state index contributed by atoms with van der Waals surface area (Å²) in [4.78, 5) is 19.6. The molecule has 0 saturated heterocycles. The normalized spacial score (nSPS) is 11.1. The lowest BCUT2D eigenvalue weighted by atomic mass is 10.2. The molecule has 0 amide bonds. The Morgan fingerprint density at radius 1 is 1.28 bits per heavy atom. The topological polar surface area (TPSA) is 68.6 Å². The van der Waals surface area contributed by atoms with Crippen molar-refractivity contribution in [2.75, 3.05) is 7.11 Å². The van der Waals surface area contributed by atoms with Crippen LogP contribution in [0.25, 0.3) is 16.6 Å². The van der Waals surface area contributed by atoms with E-state index in [4.69, 9.17) is 21.1 Å². The minimum absolute atomic E-state index is 0.0293. The van der Waals surface area contributed by atoms with Crippen LogP contribution in [0.2, 0.25) is 5.15 Å². The molecule has 0 bridgehead atoms. The molecular formula is C18H14ClN3O3. The van der Waals surface area contributed by atoms with Crippen LogP contribution in [0.5, 0.6) is 5.75 Å². The summed E-state index contributed by atoms with van der Waals surface area (Å²) in [6.45, 7) is 0.0293. The Kier molecular flexibility index (Phi) is 3.82. The van der Waals surface area contributed by atoms with E-state index in [1.807, 2.05) is 42.6 Å². The third kappa shape index (κ3) is 2.81. The van der Waals surface area contributed by atoms with Gasteiger partial charge in [0.05, 0.1) is 12.8 Å². The molecule has 7 heteroatoms. The van der Waals surface area contributed by atoms with Crippen LogP contribution in [0.15, 0.2) is 48.7 Å². The number of nitrogens with one attached hydrogen (secondary N) is 1. The number of aromatic nitrogens is 3. The Balaban J connectivity index is 1.56. The van der Waals surface area contributed by atoms with Crippen LogP contribution >= 0.6 is 11.6 Å². The lowest BCUT2D eigenvalue weighted by Crippen LogP contribution is -2.07. The number of hydrogen-bond acceptors (Lipinski definition) is 4. The number of imidazole rings is 1. The molecule has 3 aromatic heterocycles. The molecule has 3 heterocycles. The standard InChI is InChI=1S/C18H14ClN3O3/c1-24-12-6-5-11-8-14(20-13(11)9-12)18(23)25-10-15-17(19)21-16-4-2-3-7-22(15)16/h2-9,20H,10H2,1H3. The highest BCUT2D eigenvalue weighted by molar-refractivity contribution is 6.30. The first-order valence-corrected chi connectivity index (χ1v) is 7.99. The maximum atomic E-state index is 12.4. The van der Waals surface area contributed by atoms with Gasteiger partial charge in [-0.2, -0.15) is 0 Å². The van der Waals surface area contributed by atoms with Crippen molar-refractivity contribution in [2.45, 2.75) is 6.61 Å². The summed E-state index contributed by atoms with van der Waals surface area (Å²) in [5.74, 6) is 0.254. The number of benzene rings is 1. The second kappa shape index (κ2) is 6.14. The van der Waals surface area contributed by atoms with E-state index in [2.05, 4.69) is 9.97 Å². The molecule has 4 rings (SSSR count). The Hall–Kier alpha value is -2.99. The van der Waals surface area contributed by atoms with Crippen molar-refractivity contribution >= 4 is 34.1 Å². The fourth-order valence-corrected chi connectivity index (χ4v) is 2.93. The summed E-state index contributed by atoms with van der Waals surface area (Å²) >= 11 is 6.15. The Bertz CT molecular complexity index is 1080. The van der Waals surface area contributed by atoms with Gasteiger partial charge >= 0.3 is 5.97 Å². The van der Waals surface area contributed by atoms with Gasteiger partial charge in [-0.3, -0.25) is 4.40 Å². The minimum atomic E-state index is -0.461. The number of H-pyrrole nitrogens is 1. The second-order valence-corrected chi connectivity index (χ2v) is 5.85. The number of carbonyl (C=O) groups excluding carboxylic acids is 1. The molecule has 0 saturated carbocycles. The minimum Gasteiger partial charge on any atom is -0.497 e. The largest absolute Gasteiger partial charge is 0.497 e. The zero-order valence-corrected chi connectivity index (χ0v) is 14.1. The predicted octanol–water partition coefficient (Wildman–Crippen LogP) is 3.83. The van der Waals surface area contributed by atoms with E-state index in [-0.39, 0.29) is 6.61 Å². The van der Waals surface area contributed by atoms with Crippen molar-refractivity contribution in [1.82, 2.24) is 14.4 Å². The fourth-order valence-electron chi connectivity index (χ4n) is 2.70. The number of esters is 1. The zero-order chi connectivity index (χ0) is 17.4. The molecule has 25 heavy (non-hydrogen) atoms. The number of hydrogen-bond donors (Lipinski definition) is 1. The molecule has 0 fully saturated rings. The van der Waals surface area contributed by atoms with E-state index < -0.39 is 5.97 Å². The van der Waals surface area contributed by atoms with Crippen molar-refractivity contribution < 1.29 is 14.3 Å². The number of ether oxygens (including phenoxy) is 2.